The van der Waals surface area contributed by atoms with Crippen molar-refractivity contribution in [2.75, 3.05) is 13.6 Å². The van der Waals surface area contributed by atoms with Crippen LogP contribution in [-0.2, 0) is 11.2 Å². The van der Waals surface area contributed by atoms with Crippen LogP contribution in [0.25, 0.3) is 0 Å². The minimum absolute atomic E-state index is 0. The Bertz CT molecular complexity index is 417. The molecule has 2 rings (SSSR count). The number of pyridine rings is 1. The molecule has 0 aliphatic heterocycles. The number of hydrogen-bond donors (Lipinski definition) is 1. The van der Waals surface area contributed by atoms with Crippen molar-refractivity contribution in [3.05, 3.63) is 30.1 Å². The molecule has 2 atom stereocenters. The molecule has 4 nitrogen and oxygen atoms in total. The lowest BCUT2D eigenvalue weighted by Crippen LogP contribution is -2.34. The zero-order valence-corrected chi connectivity index (χ0v) is 14.0. The van der Waals surface area contributed by atoms with Gasteiger partial charge in [-0.3, -0.25) is 9.78 Å². The van der Waals surface area contributed by atoms with Crippen molar-refractivity contribution in [2.24, 2.45) is 11.7 Å². The Morgan fingerprint density at radius 2 is 2.00 bits per heavy atom. The maximum atomic E-state index is 12.1. The van der Waals surface area contributed by atoms with Gasteiger partial charge in [0.05, 0.1) is 0 Å². The fourth-order valence-electron chi connectivity index (χ4n) is 2.67. The van der Waals surface area contributed by atoms with Gasteiger partial charge in [-0.15, -0.1) is 24.8 Å². The number of nitrogens with two attached hydrogens (primary N) is 1. The summed E-state index contributed by atoms with van der Waals surface area (Å²) < 4.78 is 0. The van der Waals surface area contributed by atoms with Crippen LogP contribution in [0, 0.1) is 5.92 Å². The van der Waals surface area contributed by atoms with Gasteiger partial charge in [0.25, 0.3) is 0 Å². The van der Waals surface area contributed by atoms with Crippen molar-refractivity contribution >= 4 is 30.7 Å². The molecule has 21 heavy (non-hydrogen) atoms. The summed E-state index contributed by atoms with van der Waals surface area (Å²) in [5, 5.41) is 0. The van der Waals surface area contributed by atoms with Crippen LogP contribution in [0.2, 0.25) is 0 Å². The molecule has 1 amide bonds. The minimum Gasteiger partial charge on any atom is -0.345 e. The van der Waals surface area contributed by atoms with Gasteiger partial charge >= 0.3 is 0 Å². The highest BCUT2D eigenvalue weighted by atomic mass is 35.5. The number of halogens is 2. The number of nitrogens with zero attached hydrogens (tertiary/aromatic N) is 2. The van der Waals surface area contributed by atoms with Crippen LogP contribution in [0.5, 0.6) is 0 Å². The lowest BCUT2D eigenvalue weighted by Gasteiger charge is -2.21. The van der Waals surface area contributed by atoms with Gasteiger partial charge in [-0.25, -0.2) is 0 Å². The summed E-state index contributed by atoms with van der Waals surface area (Å²) in [6, 6.07) is 4.20. The quantitative estimate of drug-likeness (QED) is 0.900. The van der Waals surface area contributed by atoms with Gasteiger partial charge in [-0.2, -0.15) is 0 Å². The molecular formula is C15H25Cl2N3O. The fraction of sp³-hybridized carbons (Fsp3) is 0.600. The first-order valence-electron chi connectivity index (χ1n) is 7.05. The number of amides is 1. The van der Waals surface area contributed by atoms with Gasteiger partial charge in [0.2, 0.25) is 5.91 Å². The molecule has 0 saturated heterocycles. The zero-order valence-electron chi connectivity index (χ0n) is 12.4. The molecule has 120 valence electrons. The lowest BCUT2D eigenvalue weighted by atomic mass is 9.99. The Labute approximate surface area is 139 Å². The number of aromatic nitrogens is 1. The topological polar surface area (TPSA) is 59.2 Å². The zero-order chi connectivity index (χ0) is 13.7. The van der Waals surface area contributed by atoms with Gasteiger partial charge in [-0.1, -0.05) is 6.42 Å². The molecule has 1 aliphatic carbocycles. The van der Waals surface area contributed by atoms with Crippen LogP contribution in [0.3, 0.4) is 0 Å². The molecule has 1 heterocycles. The van der Waals surface area contributed by atoms with E-state index in [9.17, 15) is 4.79 Å². The minimum atomic E-state index is 0. The van der Waals surface area contributed by atoms with E-state index in [4.69, 9.17) is 5.73 Å². The first-order chi connectivity index (χ1) is 9.16. The largest absolute Gasteiger partial charge is 0.345 e. The highest BCUT2D eigenvalue weighted by Crippen LogP contribution is 2.27. The number of hydrogen-bond acceptors (Lipinski definition) is 3. The number of likely N-dealkylation sites (N-methyl/N-ethyl adjacent to an activating group) is 1. The van der Waals surface area contributed by atoms with E-state index in [1.165, 1.54) is 12.0 Å². The van der Waals surface area contributed by atoms with E-state index >= 15 is 0 Å². The Kier molecular flexibility index (Phi) is 9.58. The van der Waals surface area contributed by atoms with Gasteiger partial charge < -0.3 is 10.6 Å². The normalized spacial score (nSPS) is 20.3. The van der Waals surface area contributed by atoms with E-state index in [0.717, 1.165) is 25.8 Å². The molecule has 2 N–H and O–H groups in total. The summed E-state index contributed by atoms with van der Waals surface area (Å²) in [5.41, 5.74) is 7.23. The second-order valence-electron chi connectivity index (χ2n) is 5.48. The summed E-state index contributed by atoms with van der Waals surface area (Å²) in [6.45, 7) is 0.755. The van der Waals surface area contributed by atoms with Crippen molar-refractivity contribution in [1.29, 1.82) is 0 Å². The molecular weight excluding hydrogens is 309 g/mol. The predicted octanol–water partition coefficient (Wildman–Crippen LogP) is 2.44. The fourth-order valence-corrected chi connectivity index (χ4v) is 2.67. The Morgan fingerprint density at radius 3 is 2.57 bits per heavy atom. The van der Waals surface area contributed by atoms with E-state index in [-0.39, 0.29) is 36.8 Å². The Balaban J connectivity index is 0.00000200. The standard InChI is InChI=1S/C15H23N3O.2ClH/c1-18(10-7-12-5-8-17-9-6-12)15(19)11-13-3-2-4-14(13)16;;/h5-6,8-9,13-14H,2-4,7,10-11,16H2,1H3;2*1H/t13-,14+;;/m0../s1. The number of carbonyl (C=O) groups is 1. The van der Waals surface area contributed by atoms with E-state index in [2.05, 4.69) is 4.98 Å². The molecule has 6 heteroatoms. The molecule has 0 unspecified atom stereocenters. The third kappa shape index (κ3) is 6.20. The summed E-state index contributed by atoms with van der Waals surface area (Å²) in [5.74, 6) is 0.604. The lowest BCUT2D eigenvalue weighted by molar-refractivity contribution is -0.130. The van der Waals surface area contributed by atoms with Crippen molar-refractivity contribution in [2.45, 2.75) is 38.1 Å². The first-order valence-corrected chi connectivity index (χ1v) is 7.05. The van der Waals surface area contributed by atoms with Gasteiger partial charge in [0.15, 0.2) is 0 Å². The summed E-state index contributed by atoms with van der Waals surface area (Å²) in [6.07, 6.45) is 8.39. The van der Waals surface area contributed by atoms with E-state index < -0.39 is 0 Å². The average molecular weight is 334 g/mol. The third-order valence-corrected chi connectivity index (χ3v) is 4.07. The first kappa shape index (κ1) is 20.2. The predicted molar refractivity (Wildman–Crippen MR) is 90.0 cm³/mol. The molecule has 0 spiro atoms. The summed E-state index contributed by atoms with van der Waals surface area (Å²) in [7, 11) is 1.88. The SMILES string of the molecule is CN(CCc1ccncc1)C(=O)C[C@@H]1CCC[C@H]1N.Cl.Cl. The molecule has 1 aromatic rings. The van der Waals surface area contributed by atoms with Crippen LogP contribution in [0.15, 0.2) is 24.5 Å². The molecule has 1 aliphatic rings. The second kappa shape index (κ2) is 9.98. The van der Waals surface area contributed by atoms with Crippen molar-refractivity contribution in [1.82, 2.24) is 9.88 Å². The van der Waals surface area contributed by atoms with Crippen LogP contribution >= 0.6 is 24.8 Å². The number of rotatable bonds is 5. The van der Waals surface area contributed by atoms with Crippen LogP contribution < -0.4 is 5.73 Å². The van der Waals surface area contributed by atoms with E-state index in [1.807, 2.05) is 24.1 Å². The van der Waals surface area contributed by atoms with Crippen LogP contribution in [-0.4, -0.2) is 35.4 Å². The smallest absolute Gasteiger partial charge is 0.222 e. The highest BCUT2D eigenvalue weighted by Gasteiger charge is 2.26. The molecule has 1 fully saturated rings. The second-order valence-corrected chi connectivity index (χ2v) is 5.48. The highest BCUT2D eigenvalue weighted by molar-refractivity contribution is 5.85. The Hall–Kier alpha value is -0.840. The van der Waals surface area contributed by atoms with Gasteiger partial charge in [-0.05, 0) is 42.9 Å². The Morgan fingerprint density at radius 1 is 1.33 bits per heavy atom. The maximum Gasteiger partial charge on any atom is 0.222 e. The molecule has 0 bridgehead atoms. The van der Waals surface area contributed by atoms with Gasteiger partial charge in [0.1, 0.15) is 0 Å². The van der Waals surface area contributed by atoms with Gasteiger partial charge in [0, 0.05) is 38.4 Å². The average Bonchev–Trinajstić information content (AvgIpc) is 2.82. The molecule has 0 aromatic carbocycles. The van der Waals surface area contributed by atoms with Crippen LogP contribution in [0.1, 0.15) is 31.2 Å². The van der Waals surface area contributed by atoms with Crippen molar-refractivity contribution < 1.29 is 4.79 Å². The molecule has 0 radical (unpaired) electrons. The molecule has 1 saturated carbocycles. The number of carbonyl (C=O) groups excluding carboxylic acids is 1. The van der Waals surface area contributed by atoms with E-state index in [0.29, 0.717) is 12.3 Å². The van der Waals surface area contributed by atoms with Crippen molar-refractivity contribution in [3.8, 4) is 0 Å². The van der Waals surface area contributed by atoms with E-state index in [1.54, 1.807) is 12.4 Å². The summed E-state index contributed by atoms with van der Waals surface area (Å²) >= 11 is 0. The summed E-state index contributed by atoms with van der Waals surface area (Å²) in [4.78, 5) is 17.9. The van der Waals surface area contributed by atoms with Crippen molar-refractivity contribution in [3.63, 3.8) is 0 Å². The molecule has 1 aromatic heterocycles. The third-order valence-electron chi connectivity index (χ3n) is 4.07. The maximum absolute atomic E-state index is 12.1. The van der Waals surface area contributed by atoms with Crippen LogP contribution in [0.4, 0.5) is 0 Å². The monoisotopic (exact) mass is 333 g/mol.